The minimum atomic E-state index is -3.33. The van der Waals surface area contributed by atoms with Gasteiger partial charge >= 0.3 is 0 Å². The molecule has 144 valence electrons. The zero-order valence-corrected chi connectivity index (χ0v) is 16.1. The van der Waals surface area contributed by atoms with E-state index in [2.05, 4.69) is 10.3 Å². The second-order valence-corrected chi connectivity index (χ2v) is 8.69. The van der Waals surface area contributed by atoms with Crippen molar-refractivity contribution in [1.82, 2.24) is 19.2 Å². The summed E-state index contributed by atoms with van der Waals surface area (Å²) < 4.78 is 25.9. The standard InChI is InChI=1S/C18H22N4O4S/c1-13-3-5-14(6-4-13)9-19-17(23)11-21-12-20-16-10-22(27(2,25)26)8-7-15(16)18(21)24/h3-6,12H,7-11H2,1-2H3,(H,19,23). The Morgan fingerprint density at radius 2 is 1.96 bits per heavy atom. The third-order valence-electron chi connectivity index (χ3n) is 4.55. The largest absolute Gasteiger partial charge is 0.350 e. The van der Waals surface area contributed by atoms with Gasteiger partial charge in [-0.25, -0.2) is 13.4 Å². The van der Waals surface area contributed by atoms with E-state index in [4.69, 9.17) is 0 Å². The molecule has 1 aliphatic heterocycles. The highest BCUT2D eigenvalue weighted by atomic mass is 32.2. The number of sulfonamides is 1. The van der Waals surface area contributed by atoms with E-state index < -0.39 is 10.0 Å². The first kappa shape index (κ1) is 19.2. The van der Waals surface area contributed by atoms with E-state index in [1.54, 1.807) is 0 Å². The average molecular weight is 390 g/mol. The van der Waals surface area contributed by atoms with Gasteiger partial charge in [-0.2, -0.15) is 4.31 Å². The quantitative estimate of drug-likeness (QED) is 0.785. The molecular formula is C18H22N4O4S. The van der Waals surface area contributed by atoms with Crippen LogP contribution < -0.4 is 10.9 Å². The summed E-state index contributed by atoms with van der Waals surface area (Å²) in [4.78, 5) is 29.0. The summed E-state index contributed by atoms with van der Waals surface area (Å²) in [5.74, 6) is -0.284. The molecule has 0 fully saturated rings. The molecule has 0 bridgehead atoms. The van der Waals surface area contributed by atoms with Gasteiger partial charge in [-0.3, -0.25) is 14.2 Å². The maximum Gasteiger partial charge on any atom is 0.257 e. The van der Waals surface area contributed by atoms with Crippen molar-refractivity contribution in [2.45, 2.75) is 33.0 Å². The van der Waals surface area contributed by atoms with Crippen molar-refractivity contribution in [1.29, 1.82) is 0 Å². The number of fused-ring (bicyclic) bond motifs is 1. The second-order valence-electron chi connectivity index (χ2n) is 6.71. The molecule has 0 radical (unpaired) electrons. The highest BCUT2D eigenvalue weighted by Gasteiger charge is 2.26. The zero-order valence-electron chi connectivity index (χ0n) is 15.3. The van der Waals surface area contributed by atoms with Crippen LogP contribution in [0.5, 0.6) is 0 Å². The molecule has 1 N–H and O–H groups in total. The van der Waals surface area contributed by atoms with Gasteiger partial charge in [0.15, 0.2) is 0 Å². The van der Waals surface area contributed by atoms with Crippen LogP contribution >= 0.6 is 0 Å². The normalized spacial score (nSPS) is 14.6. The molecule has 2 heterocycles. The number of carbonyl (C=O) groups excluding carboxylic acids is 1. The van der Waals surface area contributed by atoms with Crippen LogP contribution in [0.3, 0.4) is 0 Å². The van der Waals surface area contributed by atoms with Crippen molar-refractivity contribution < 1.29 is 13.2 Å². The van der Waals surface area contributed by atoms with Crippen molar-refractivity contribution in [3.63, 3.8) is 0 Å². The van der Waals surface area contributed by atoms with Crippen LogP contribution in [0.4, 0.5) is 0 Å². The minimum Gasteiger partial charge on any atom is -0.350 e. The van der Waals surface area contributed by atoms with Gasteiger partial charge in [-0.15, -0.1) is 0 Å². The van der Waals surface area contributed by atoms with Crippen LogP contribution in [0, 0.1) is 6.92 Å². The number of rotatable bonds is 5. The molecule has 0 spiro atoms. The number of amides is 1. The number of carbonyl (C=O) groups is 1. The molecule has 0 saturated heterocycles. The Morgan fingerprint density at radius 3 is 2.63 bits per heavy atom. The molecule has 2 aromatic rings. The van der Waals surface area contributed by atoms with Crippen LogP contribution in [-0.2, 0) is 40.9 Å². The predicted octanol–water partition coefficient (Wildman–Crippen LogP) is 0.186. The fourth-order valence-electron chi connectivity index (χ4n) is 2.95. The SMILES string of the molecule is Cc1ccc(CNC(=O)Cn2cnc3c(c2=O)CCN(S(C)(=O)=O)C3)cc1. The highest BCUT2D eigenvalue weighted by molar-refractivity contribution is 7.88. The van der Waals surface area contributed by atoms with Crippen molar-refractivity contribution in [3.05, 3.63) is 63.3 Å². The molecule has 9 heteroatoms. The first-order chi connectivity index (χ1) is 12.7. The van der Waals surface area contributed by atoms with Gasteiger partial charge in [-0.1, -0.05) is 29.8 Å². The Labute approximate surface area is 157 Å². The predicted molar refractivity (Wildman–Crippen MR) is 100 cm³/mol. The molecular weight excluding hydrogens is 368 g/mol. The summed E-state index contributed by atoms with van der Waals surface area (Å²) in [6, 6.07) is 7.82. The number of nitrogens with zero attached hydrogens (tertiary/aromatic N) is 3. The minimum absolute atomic E-state index is 0.0872. The molecule has 27 heavy (non-hydrogen) atoms. The van der Waals surface area contributed by atoms with Gasteiger partial charge in [0.05, 0.1) is 24.8 Å². The summed E-state index contributed by atoms with van der Waals surface area (Å²) in [6.07, 6.45) is 2.73. The lowest BCUT2D eigenvalue weighted by molar-refractivity contribution is -0.121. The molecule has 1 aromatic carbocycles. The Hall–Kier alpha value is -2.52. The molecule has 0 atom stereocenters. The third-order valence-corrected chi connectivity index (χ3v) is 5.80. The lowest BCUT2D eigenvalue weighted by atomic mass is 10.1. The smallest absolute Gasteiger partial charge is 0.257 e. The van der Waals surface area contributed by atoms with Crippen molar-refractivity contribution >= 4 is 15.9 Å². The van der Waals surface area contributed by atoms with Gasteiger partial charge in [-0.05, 0) is 18.9 Å². The average Bonchev–Trinajstić information content (AvgIpc) is 2.62. The van der Waals surface area contributed by atoms with E-state index in [0.29, 0.717) is 24.2 Å². The Kier molecular flexibility index (Phi) is 5.43. The molecule has 1 aromatic heterocycles. The topological polar surface area (TPSA) is 101 Å². The molecule has 8 nitrogen and oxygen atoms in total. The second kappa shape index (κ2) is 7.61. The monoisotopic (exact) mass is 390 g/mol. The van der Waals surface area contributed by atoms with Crippen LogP contribution in [0.25, 0.3) is 0 Å². The number of aromatic nitrogens is 2. The summed E-state index contributed by atoms with van der Waals surface area (Å²) in [6.45, 7) is 2.58. The Bertz CT molecular complexity index is 1010. The van der Waals surface area contributed by atoms with Gasteiger partial charge in [0.1, 0.15) is 6.54 Å². The summed E-state index contributed by atoms with van der Waals surface area (Å²) in [5.41, 5.74) is 2.76. The van der Waals surface area contributed by atoms with Gasteiger partial charge < -0.3 is 5.32 Å². The van der Waals surface area contributed by atoms with Gasteiger partial charge in [0.25, 0.3) is 5.56 Å². The van der Waals surface area contributed by atoms with E-state index in [9.17, 15) is 18.0 Å². The van der Waals surface area contributed by atoms with Crippen LogP contribution in [0.15, 0.2) is 35.4 Å². The van der Waals surface area contributed by atoms with Crippen LogP contribution in [0.2, 0.25) is 0 Å². The lowest BCUT2D eigenvalue weighted by Crippen LogP contribution is -2.41. The summed E-state index contributed by atoms with van der Waals surface area (Å²) >= 11 is 0. The van der Waals surface area contributed by atoms with Crippen molar-refractivity contribution in [2.75, 3.05) is 12.8 Å². The zero-order chi connectivity index (χ0) is 19.6. The van der Waals surface area contributed by atoms with E-state index >= 15 is 0 Å². The fourth-order valence-corrected chi connectivity index (χ4v) is 3.73. The van der Waals surface area contributed by atoms with E-state index in [0.717, 1.165) is 17.4 Å². The molecule has 0 aliphatic carbocycles. The molecule has 0 unspecified atom stereocenters. The van der Waals surface area contributed by atoms with Gasteiger partial charge in [0, 0.05) is 18.7 Å². The molecule has 1 aliphatic rings. The first-order valence-electron chi connectivity index (χ1n) is 8.58. The summed E-state index contributed by atoms with van der Waals surface area (Å²) in [5, 5.41) is 2.79. The van der Waals surface area contributed by atoms with Crippen LogP contribution in [-0.4, -0.2) is 41.0 Å². The first-order valence-corrected chi connectivity index (χ1v) is 10.4. The Morgan fingerprint density at radius 1 is 1.26 bits per heavy atom. The number of hydrogen-bond donors (Lipinski definition) is 1. The molecule has 1 amide bonds. The van der Waals surface area contributed by atoms with E-state index in [1.165, 1.54) is 15.2 Å². The number of nitrogens with one attached hydrogen (secondary N) is 1. The maximum atomic E-state index is 12.6. The maximum absolute atomic E-state index is 12.6. The number of hydrogen-bond acceptors (Lipinski definition) is 5. The molecule has 0 saturated carbocycles. The highest BCUT2D eigenvalue weighted by Crippen LogP contribution is 2.15. The summed E-state index contributed by atoms with van der Waals surface area (Å²) in [7, 11) is -3.33. The van der Waals surface area contributed by atoms with Crippen LogP contribution in [0.1, 0.15) is 22.4 Å². The van der Waals surface area contributed by atoms with Crippen molar-refractivity contribution in [3.8, 4) is 0 Å². The number of benzene rings is 1. The molecule has 3 rings (SSSR count). The van der Waals surface area contributed by atoms with Gasteiger partial charge in [0.2, 0.25) is 15.9 Å². The van der Waals surface area contributed by atoms with E-state index in [-0.39, 0.29) is 31.1 Å². The Balaban J connectivity index is 1.67. The van der Waals surface area contributed by atoms with E-state index in [1.807, 2.05) is 31.2 Å². The number of aryl methyl sites for hydroxylation is 1. The third kappa shape index (κ3) is 4.61. The van der Waals surface area contributed by atoms with Crippen molar-refractivity contribution in [2.24, 2.45) is 0 Å². The fraction of sp³-hybridized carbons (Fsp3) is 0.389. The lowest BCUT2D eigenvalue weighted by Gasteiger charge is -2.25.